The Morgan fingerprint density at radius 1 is 1.36 bits per heavy atom. The summed E-state index contributed by atoms with van der Waals surface area (Å²) in [5.41, 5.74) is 1.22. The summed E-state index contributed by atoms with van der Waals surface area (Å²) in [4.78, 5) is 21.7. The fourth-order valence-corrected chi connectivity index (χ4v) is 2.15. The SMILES string of the molecule is CC(C)(C)c1cccc(OCCNC(=O)Cn2ccc([N+](=O)[O-])n2)c1. The Balaban J connectivity index is 1.75. The second-order valence-electron chi connectivity index (χ2n) is 6.60. The monoisotopic (exact) mass is 346 g/mol. The molecule has 0 aliphatic heterocycles. The van der Waals surface area contributed by atoms with Gasteiger partial charge in [-0.2, -0.15) is 4.68 Å². The summed E-state index contributed by atoms with van der Waals surface area (Å²) < 4.78 is 6.87. The zero-order valence-corrected chi connectivity index (χ0v) is 14.6. The Kier molecular flexibility index (Phi) is 5.74. The van der Waals surface area contributed by atoms with Crippen molar-refractivity contribution in [2.75, 3.05) is 13.2 Å². The standard InChI is InChI=1S/C17H22N4O4/c1-17(2,3)13-5-4-6-14(11-13)25-10-8-18-16(22)12-20-9-7-15(19-20)21(23)24/h4-7,9,11H,8,10,12H2,1-3H3,(H,18,22). The van der Waals surface area contributed by atoms with Crippen LogP contribution in [0.15, 0.2) is 36.5 Å². The van der Waals surface area contributed by atoms with Gasteiger partial charge in [-0.3, -0.25) is 4.79 Å². The van der Waals surface area contributed by atoms with E-state index in [0.29, 0.717) is 13.2 Å². The van der Waals surface area contributed by atoms with Gasteiger partial charge in [0.1, 0.15) is 18.9 Å². The van der Waals surface area contributed by atoms with Crippen LogP contribution in [-0.2, 0) is 16.8 Å². The summed E-state index contributed by atoms with van der Waals surface area (Å²) in [6, 6.07) is 9.11. The van der Waals surface area contributed by atoms with E-state index in [1.165, 1.54) is 22.5 Å². The van der Waals surface area contributed by atoms with Crippen molar-refractivity contribution in [1.29, 1.82) is 0 Å². The molecule has 0 aliphatic carbocycles. The van der Waals surface area contributed by atoms with Crippen molar-refractivity contribution >= 4 is 11.7 Å². The molecule has 0 unspecified atom stereocenters. The summed E-state index contributed by atoms with van der Waals surface area (Å²) in [7, 11) is 0. The number of nitro groups is 1. The van der Waals surface area contributed by atoms with Crippen molar-refractivity contribution in [2.45, 2.75) is 32.7 Å². The molecule has 1 amide bonds. The van der Waals surface area contributed by atoms with E-state index in [1.807, 2.05) is 18.2 Å². The second-order valence-corrected chi connectivity index (χ2v) is 6.60. The van der Waals surface area contributed by atoms with E-state index in [1.54, 1.807) is 0 Å². The zero-order valence-electron chi connectivity index (χ0n) is 14.6. The highest BCUT2D eigenvalue weighted by atomic mass is 16.6. The maximum atomic E-state index is 11.8. The van der Waals surface area contributed by atoms with Gasteiger partial charge in [0.15, 0.2) is 0 Å². The molecule has 0 atom stereocenters. The highest BCUT2D eigenvalue weighted by molar-refractivity contribution is 5.75. The first-order chi connectivity index (χ1) is 11.8. The summed E-state index contributed by atoms with van der Waals surface area (Å²) in [5.74, 6) is 0.185. The molecule has 0 spiro atoms. The first-order valence-electron chi connectivity index (χ1n) is 7.93. The van der Waals surface area contributed by atoms with E-state index >= 15 is 0 Å². The number of hydrogen-bond acceptors (Lipinski definition) is 5. The van der Waals surface area contributed by atoms with Crippen LogP contribution < -0.4 is 10.1 Å². The van der Waals surface area contributed by atoms with Gasteiger partial charge in [-0.1, -0.05) is 32.9 Å². The molecule has 1 aromatic heterocycles. The number of benzene rings is 1. The predicted octanol–water partition coefficient (Wildman–Crippen LogP) is 2.28. The topological polar surface area (TPSA) is 99.3 Å². The molecule has 0 aliphatic rings. The average Bonchev–Trinajstić information content (AvgIpc) is 3.00. The lowest BCUT2D eigenvalue weighted by atomic mass is 9.87. The Labute approximate surface area is 145 Å². The molecule has 2 aromatic rings. The first kappa shape index (κ1) is 18.4. The zero-order chi connectivity index (χ0) is 18.4. The van der Waals surface area contributed by atoms with Crippen molar-refractivity contribution in [3.05, 3.63) is 52.2 Å². The van der Waals surface area contributed by atoms with Crippen LogP contribution in [0.3, 0.4) is 0 Å². The van der Waals surface area contributed by atoms with Crippen LogP contribution in [0.5, 0.6) is 5.75 Å². The van der Waals surface area contributed by atoms with E-state index in [4.69, 9.17) is 4.74 Å². The lowest BCUT2D eigenvalue weighted by Gasteiger charge is -2.19. The molecule has 0 saturated carbocycles. The van der Waals surface area contributed by atoms with Crippen LogP contribution in [0.25, 0.3) is 0 Å². The molecule has 8 nitrogen and oxygen atoms in total. The Hall–Kier alpha value is -2.90. The van der Waals surface area contributed by atoms with Crippen molar-refractivity contribution in [1.82, 2.24) is 15.1 Å². The summed E-state index contributed by atoms with van der Waals surface area (Å²) in [5, 5.41) is 16.9. The normalized spacial score (nSPS) is 11.2. The molecule has 0 radical (unpaired) electrons. The van der Waals surface area contributed by atoms with E-state index < -0.39 is 4.92 Å². The largest absolute Gasteiger partial charge is 0.492 e. The van der Waals surface area contributed by atoms with Gasteiger partial charge < -0.3 is 20.2 Å². The quantitative estimate of drug-likeness (QED) is 0.471. The fourth-order valence-electron chi connectivity index (χ4n) is 2.15. The van der Waals surface area contributed by atoms with Gasteiger partial charge in [0, 0.05) is 0 Å². The van der Waals surface area contributed by atoms with Crippen LogP contribution in [-0.4, -0.2) is 33.8 Å². The minimum Gasteiger partial charge on any atom is -0.492 e. The van der Waals surface area contributed by atoms with E-state index in [2.05, 4.69) is 37.3 Å². The summed E-state index contributed by atoms with van der Waals surface area (Å²) >= 11 is 0. The Bertz CT molecular complexity index is 749. The van der Waals surface area contributed by atoms with Gasteiger partial charge in [0.2, 0.25) is 5.91 Å². The Morgan fingerprint density at radius 2 is 2.12 bits per heavy atom. The van der Waals surface area contributed by atoms with E-state index in [-0.39, 0.29) is 23.7 Å². The van der Waals surface area contributed by atoms with Crippen molar-refractivity contribution in [3.8, 4) is 5.75 Å². The predicted molar refractivity (Wildman–Crippen MR) is 92.5 cm³/mol. The molecule has 25 heavy (non-hydrogen) atoms. The molecule has 2 rings (SSSR count). The van der Waals surface area contributed by atoms with Crippen molar-refractivity contribution in [3.63, 3.8) is 0 Å². The molecule has 0 saturated heterocycles. The van der Waals surface area contributed by atoms with Crippen LogP contribution >= 0.6 is 0 Å². The average molecular weight is 346 g/mol. The molecule has 1 N–H and O–H groups in total. The van der Waals surface area contributed by atoms with Gasteiger partial charge in [-0.05, 0) is 28.0 Å². The highest BCUT2D eigenvalue weighted by Gasteiger charge is 2.14. The molecule has 134 valence electrons. The smallest absolute Gasteiger partial charge is 0.389 e. The van der Waals surface area contributed by atoms with Gasteiger partial charge in [0.05, 0.1) is 23.9 Å². The second kappa shape index (κ2) is 7.78. The molecule has 0 fully saturated rings. The Morgan fingerprint density at radius 3 is 2.76 bits per heavy atom. The maximum absolute atomic E-state index is 11.8. The number of nitrogens with one attached hydrogen (secondary N) is 1. The molecular weight excluding hydrogens is 324 g/mol. The fraction of sp³-hybridized carbons (Fsp3) is 0.412. The van der Waals surface area contributed by atoms with Crippen LogP contribution in [0.1, 0.15) is 26.3 Å². The van der Waals surface area contributed by atoms with Gasteiger partial charge >= 0.3 is 5.82 Å². The number of aromatic nitrogens is 2. The van der Waals surface area contributed by atoms with Crippen molar-refractivity contribution in [2.24, 2.45) is 0 Å². The lowest BCUT2D eigenvalue weighted by molar-refractivity contribution is -0.389. The number of amides is 1. The molecule has 0 bridgehead atoms. The third kappa shape index (κ3) is 5.59. The summed E-state index contributed by atoms with van der Waals surface area (Å²) in [6.07, 6.45) is 1.40. The van der Waals surface area contributed by atoms with Gasteiger partial charge in [-0.25, -0.2) is 0 Å². The third-order valence-electron chi connectivity index (χ3n) is 3.51. The molecule has 8 heteroatoms. The number of hydrogen-bond donors (Lipinski definition) is 1. The number of nitrogens with zero attached hydrogens (tertiary/aromatic N) is 3. The molecular formula is C17H22N4O4. The first-order valence-corrected chi connectivity index (χ1v) is 7.93. The van der Waals surface area contributed by atoms with Crippen LogP contribution in [0.4, 0.5) is 5.82 Å². The molecule has 1 heterocycles. The van der Waals surface area contributed by atoms with Crippen molar-refractivity contribution < 1.29 is 14.5 Å². The van der Waals surface area contributed by atoms with E-state index in [0.717, 1.165) is 5.75 Å². The number of rotatable bonds is 7. The summed E-state index contributed by atoms with van der Waals surface area (Å²) in [6.45, 7) is 6.98. The van der Waals surface area contributed by atoms with Crippen LogP contribution in [0, 0.1) is 10.1 Å². The number of carbonyl (C=O) groups is 1. The number of ether oxygens (including phenoxy) is 1. The lowest BCUT2D eigenvalue weighted by Crippen LogP contribution is -2.31. The highest BCUT2D eigenvalue weighted by Crippen LogP contribution is 2.25. The maximum Gasteiger partial charge on any atom is 0.389 e. The van der Waals surface area contributed by atoms with Gasteiger partial charge in [-0.15, -0.1) is 0 Å². The van der Waals surface area contributed by atoms with Crippen LogP contribution in [0.2, 0.25) is 0 Å². The minimum atomic E-state index is -0.603. The number of carbonyl (C=O) groups excluding carboxylic acids is 1. The minimum absolute atomic E-state index is 0.0416. The van der Waals surface area contributed by atoms with Gasteiger partial charge in [0.25, 0.3) is 0 Å². The third-order valence-corrected chi connectivity index (χ3v) is 3.51. The molecule has 1 aromatic carbocycles. The van der Waals surface area contributed by atoms with E-state index in [9.17, 15) is 14.9 Å².